The number of carbonyl (C=O) groups is 2. The molecule has 0 spiro atoms. The molecule has 2 amide bonds. The summed E-state index contributed by atoms with van der Waals surface area (Å²) >= 11 is 0. The largest absolute Gasteiger partial charge is 0.447 e. The van der Waals surface area contributed by atoms with Gasteiger partial charge in [0.2, 0.25) is 0 Å². The normalized spacial score (nSPS) is 15.6. The Morgan fingerprint density at radius 3 is 2.43 bits per heavy atom. The van der Waals surface area contributed by atoms with Crippen LogP contribution in [0, 0.1) is 0 Å². The zero-order valence-electron chi connectivity index (χ0n) is 15.0. The Labute approximate surface area is 161 Å². The SMILES string of the molecule is O=C1N[C@H](Cc2ccc(NC(=O)c3cnc(-c4ccccc4)nc3)cc2)CO1. The average molecular weight is 374 g/mol. The molecule has 1 aliphatic rings. The van der Waals surface area contributed by atoms with Crippen molar-refractivity contribution >= 4 is 17.7 Å². The van der Waals surface area contributed by atoms with E-state index in [-0.39, 0.29) is 18.0 Å². The highest BCUT2D eigenvalue weighted by Gasteiger charge is 2.22. The van der Waals surface area contributed by atoms with Crippen LogP contribution in [-0.2, 0) is 11.2 Å². The summed E-state index contributed by atoms with van der Waals surface area (Å²) in [4.78, 5) is 32.0. The fraction of sp³-hybridized carbons (Fsp3) is 0.143. The second-order valence-corrected chi connectivity index (χ2v) is 6.46. The lowest BCUT2D eigenvalue weighted by atomic mass is 10.1. The van der Waals surface area contributed by atoms with Crippen LogP contribution in [-0.4, -0.2) is 34.6 Å². The van der Waals surface area contributed by atoms with Crippen molar-refractivity contribution in [2.45, 2.75) is 12.5 Å². The summed E-state index contributed by atoms with van der Waals surface area (Å²) in [5.41, 5.74) is 3.00. The van der Waals surface area contributed by atoms with E-state index in [1.54, 1.807) is 0 Å². The molecule has 0 aliphatic carbocycles. The molecule has 1 atom stereocenters. The van der Waals surface area contributed by atoms with Crippen LogP contribution in [0.15, 0.2) is 67.0 Å². The van der Waals surface area contributed by atoms with E-state index in [0.29, 0.717) is 30.1 Å². The van der Waals surface area contributed by atoms with Crippen molar-refractivity contribution < 1.29 is 14.3 Å². The molecule has 1 fully saturated rings. The highest BCUT2D eigenvalue weighted by atomic mass is 16.6. The third kappa shape index (κ3) is 4.15. The number of carbonyl (C=O) groups excluding carboxylic acids is 2. The summed E-state index contributed by atoms with van der Waals surface area (Å²) in [5, 5.41) is 5.57. The minimum Gasteiger partial charge on any atom is -0.447 e. The molecule has 2 N–H and O–H groups in total. The van der Waals surface area contributed by atoms with Crippen molar-refractivity contribution in [3.05, 3.63) is 78.1 Å². The maximum Gasteiger partial charge on any atom is 0.407 e. The van der Waals surface area contributed by atoms with E-state index in [9.17, 15) is 9.59 Å². The summed E-state index contributed by atoms with van der Waals surface area (Å²) in [5.74, 6) is 0.299. The van der Waals surface area contributed by atoms with Gasteiger partial charge in [-0.15, -0.1) is 0 Å². The fourth-order valence-corrected chi connectivity index (χ4v) is 2.93. The van der Waals surface area contributed by atoms with Crippen molar-refractivity contribution in [1.29, 1.82) is 0 Å². The van der Waals surface area contributed by atoms with Gasteiger partial charge in [-0.1, -0.05) is 42.5 Å². The van der Waals surface area contributed by atoms with Gasteiger partial charge in [0.25, 0.3) is 5.91 Å². The third-order valence-electron chi connectivity index (χ3n) is 4.38. The van der Waals surface area contributed by atoms with Gasteiger partial charge in [0.15, 0.2) is 5.82 Å². The summed E-state index contributed by atoms with van der Waals surface area (Å²) < 4.78 is 4.88. The number of amides is 2. The van der Waals surface area contributed by atoms with Gasteiger partial charge in [-0.3, -0.25) is 4.79 Å². The predicted molar refractivity (Wildman–Crippen MR) is 104 cm³/mol. The van der Waals surface area contributed by atoms with Crippen LogP contribution in [0.4, 0.5) is 10.5 Å². The van der Waals surface area contributed by atoms with E-state index >= 15 is 0 Å². The minimum absolute atomic E-state index is 0.0202. The van der Waals surface area contributed by atoms with Gasteiger partial charge in [0.05, 0.1) is 11.6 Å². The van der Waals surface area contributed by atoms with Crippen LogP contribution in [0.5, 0.6) is 0 Å². The molecule has 3 aromatic rings. The second kappa shape index (κ2) is 7.87. The van der Waals surface area contributed by atoms with Crippen LogP contribution < -0.4 is 10.6 Å². The second-order valence-electron chi connectivity index (χ2n) is 6.46. The van der Waals surface area contributed by atoms with Gasteiger partial charge >= 0.3 is 6.09 Å². The van der Waals surface area contributed by atoms with E-state index in [2.05, 4.69) is 20.6 Å². The van der Waals surface area contributed by atoms with Gasteiger partial charge in [0.1, 0.15) is 6.61 Å². The Bertz CT molecular complexity index is 973. The molecular weight excluding hydrogens is 356 g/mol. The number of hydrogen-bond acceptors (Lipinski definition) is 5. The van der Waals surface area contributed by atoms with Gasteiger partial charge in [-0.05, 0) is 24.1 Å². The first kappa shape index (κ1) is 17.7. The Balaban J connectivity index is 1.37. The van der Waals surface area contributed by atoms with E-state index in [0.717, 1.165) is 11.1 Å². The smallest absolute Gasteiger partial charge is 0.407 e. The number of nitrogens with zero attached hydrogens (tertiary/aromatic N) is 2. The molecule has 0 bridgehead atoms. The molecule has 7 heteroatoms. The lowest BCUT2D eigenvalue weighted by molar-refractivity contribution is 0.102. The number of aromatic nitrogens is 2. The molecule has 4 rings (SSSR count). The molecular formula is C21H18N4O3. The van der Waals surface area contributed by atoms with E-state index in [1.165, 1.54) is 12.4 Å². The highest BCUT2D eigenvalue weighted by Crippen LogP contribution is 2.16. The number of nitrogens with one attached hydrogen (secondary N) is 2. The molecule has 2 aromatic carbocycles. The van der Waals surface area contributed by atoms with E-state index < -0.39 is 0 Å². The van der Waals surface area contributed by atoms with Crippen LogP contribution >= 0.6 is 0 Å². The average Bonchev–Trinajstić information content (AvgIpc) is 3.15. The Morgan fingerprint density at radius 2 is 1.79 bits per heavy atom. The fourth-order valence-electron chi connectivity index (χ4n) is 2.93. The van der Waals surface area contributed by atoms with Crippen molar-refractivity contribution in [2.24, 2.45) is 0 Å². The monoisotopic (exact) mass is 374 g/mol. The van der Waals surface area contributed by atoms with Gasteiger partial charge in [-0.25, -0.2) is 14.8 Å². The first-order valence-electron chi connectivity index (χ1n) is 8.88. The maximum absolute atomic E-state index is 12.4. The number of benzene rings is 2. The lowest BCUT2D eigenvalue weighted by Gasteiger charge is -2.09. The lowest BCUT2D eigenvalue weighted by Crippen LogP contribution is -2.28. The maximum atomic E-state index is 12.4. The molecule has 2 heterocycles. The zero-order chi connectivity index (χ0) is 19.3. The van der Waals surface area contributed by atoms with Crippen molar-refractivity contribution in [1.82, 2.24) is 15.3 Å². The van der Waals surface area contributed by atoms with Gasteiger partial charge in [-0.2, -0.15) is 0 Å². The Hall–Kier alpha value is -3.74. The van der Waals surface area contributed by atoms with Crippen molar-refractivity contribution in [2.75, 3.05) is 11.9 Å². The number of alkyl carbamates (subject to hydrolysis) is 1. The molecule has 1 aliphatic heterocycles. The van der Waals surface area contributed by atoms with E-state index in [4.69, 9.17) is 4.74 Å². The molecule has 1 aromatic heterocycles. The highest BCUT2D eigenvalue weighted by molar-refractivity contribution is 6.03. The van der Waals surface area contributed by atoms with Crippen LogP contribution in [0.1, 0.15) is 15.9 Å². The minimum atomic E-state index is -0.380. The standard InChI is InChI=1S/C21H18N4O3/c26-20(16-11-22-19(23-12-16)15-4-2-1-3-5-15)24-17-8-6-14(7-9-17)10-18-13-28-21(27)25-18/h1-9,11-12,18H,10,13H2,(H,24,26)(H,25,27)/t18-/m1/s1. The molecule has 0 unspecified atom stereocenters. The zero-order valence-corrected chi connectivity index (χ0v) is 15.0. The van der Waals surface area contributed by atoms with Crippen molar-refractivity contribution in [3.63, 3.8) is 0 Å². The number of hydrogen-bond donors (Lipinski definition) is 2. The number of cyclic esters (lactones) is 1. The Morgan fingerprint density at radius 1 is 1.07 bits per heavy atom. The third-order valence-corrected chi connectivity index (χ3v) is 4.38. The molecule has 1 saturated heterocycles. The molecule has 140 valence electrons. The Kier molecular flexibility index (Phi) is 4.97. The summed E-state index contributed by atoms with van der Waals surface area (Å²) in [6.07, 6.45) is 3.33. The van der Waals surface area contributed by atoms with Gasteiger partial charge < -0.3 is 15.4 Å². The molecule has 0 saturated carbocycles. The first-order valence-corrected chi connectivity index (χ1v) is 8.88. The topological polar surface area (TPSA) is 93.2 Å². The number of rotatable bonds is 5. The van der Waals surface area contributed by atoms with E-state index in [1.807, 2.05) is 54.6 Å². The molecule has 28 heavy (non-hydrogen) atoms. The van der Waals surface area contributed by atoms with Gasteiger partial charge in [0, 0.05) is 23.6 Å². The predicted octanol–water partition coefficient (Wildman–Crippen LogP) is 3.05. The number of ether oxygens (including phenoxy) is 1. The summed E-state index contributed by atoms with van der Waals surface area (Å²) in [6.45, 7) is 0.371. The molecule has 7 nitrogen and oxygen atoms in total. The summed E-state index contributed by atoms with van der Waals surface area (Å²) in [7, 11) is 0. The van der Waals surface area contributed by atoms with Crippen LogP contribution in [0.25, 0.3) is 11.4 Å². The summed E-state index contributed by atoms with van der Waals surface area (Å²) in [6, 6.07) is 17.0. The number of anilines is 1. The van der Waals surface area contributed by atoms with Crippen molar-refractivity contribution in [3.8, 4) is 11.4 Å². The molecule has 0 radical (unpaired) electrons. The van der Waals surface area contributed by atoms with Crippen LogP contribution in [0.2, 0.25) is 0 Å². The quantitative estimate of drug-likeness (QED) is 0.716. The van der Waals surface area contributed by atoms with Crippen LogP contribution in [0.3, 0.4) is 0 Å². The first-order chi connectivity index (χ1) is 13.7.